The molecule has 3 heterocycles. The molecule has 3 saturated heterocycles. The molecule has 3 amide bonds. The molecule has 3 aliphatic rings. The fraction of sp³-hybridized carbons (Fsp3) is 0.472. The molecule has 3 aliphatic heterocycles. The van der Waals surface area contributed by atoms with Gasteiger partial charge in [-0.15, -0.1) is 13.2 Å². The topological polar surface area (TPSA) is 103 Å². The maximum atomic E-state index is 14.7. The van der Waals surface area contributed by atoms with Crippen molar-refractivity contribution in [2.75, 3.05) is 60.6 Å². The third-order valence-electron chi connectivity index (χ3n) is 9.55. The normalized spacial score (nSPS) is 25.8. The minimum Gasteiger partial charge on any atom is -0.494 e. The molecule has 0 aliphatic carbocycles. The number of ether oxygens (including phenoxy) is 2. The predicted molar refractivity (Wildman–Crippen MR) is 187 cm³/mol. The van der Waals surface area contributed by atoms with Gasteiger partial charge in [-0.05, 0) is 75.7 Å². The van der Waals surface area contributed by atoms with E-state index in [0.717, 1.165) is 18.8 Å². The third-order valence-corrected chi connectivity index (χ3v) is 10.4. The van der Waals surface area contributed by atoms with Crippen LogP contribution in [0.4, 0.5) is 17.1 Å². The lowest BCUT2D eigenvalue weighted by Gasteiger charge is -2.37. The van der Waals surface area contributed by atoms with Crippen LogP contribution in [0.15, 0.2) is 73.8 Å². The Morgan fingerprint density at radius 1 is 0.979 bits per heavy atom. The van der Waals surface area contributed by atoms with Gasteiger partial charge < -0.3 is 34.2 Å². The molecule has 0 aromatic heterocycles. The first kappa shape index (κ1) is 34.7. The highest BCUT2D eigenvalue weighted by Crippen LogP contribution is 2.60. The van der Waals surface area contributed by atoms with Gasteiger partial charge in [0.05, 0.1) is 31.2 Å². The zero-order valence-electron chi connectivity index (χ0n) is 27.4. The summed E-state index contributed by atoms with van der Waals surface area (Å²) in [5.41, 5.74) is 1.07. The van der Waals surface area contributed by atoms with Crippen molar-refractivity contribution in [3.63, 3.8) is 0 Å². The lowest BCUT2D eigenvalue weighted by Crippen LogP contribution is -2.57. The molecule has 5 rings (SSSR count). The number of alkyl halides is 1. The van der Waals surface area contributed by atoms with E-state index in [2.05, 4.69) is 47.8 Å². The van der Waals surface area contributed by atoms with Gasteiger partial charge in [0, 0.05) is 54.6 Å². The summed E-state index contributed by atoms with van der Waals surface area (Å²) < 4.78 is 12.3. The Labute approximate surface area is 285 Å². The maximum absolute atomic E-state index is 14.7. The van der Waals surface area contributed by atoms with Crippen molar-refractivity contribution < 1.29 is 29.0 Å². The van der Waals surface area contributed by atoms with Gasteiger partial charge in [-0.25, -0.2) is 0 Å². The van der Waals surface area contributed by atoms with Gasteiger partial charge in [-0.1, -0.05) is 28.1 Å². The first-order valence-electron chi connectivity index (χ1n) is 16.4. The molecule has 6 atom stereocenters. The van der Waals surface area contributed by atoms with Crippen LogP contribution < -0.4 is 19.4 Å². The molecular weight excluding hydrogens is 664 g/mol. The van der Waals surface area contributed by atoms with Gasteiger partial charge in [0.15, 0.2) is 0 Å². The third kappa shape index (κ3) is 6.09. The number of hydrogen-bond donors (Lipinski definition) is 1. The quantitative estimate of drug-likeness (QED) is 0.216. The molecule has 10 nitrogen and oxygen atoms in total. The fourth-order valence-electron chi connectivity index (χ4n) is 7.59. The Hall–Kier alpha value is -3.67. The molecule has 2 aromatic rings. The van der Waals surface area contributed by atoms with Crippen LogP contribution in [0.2, 0.25) is 0 Å². The zero-order valence-corrected chi connectivity index (χ0v) is 29.0. The highest BCUT2D eigenvalue weighted by molar-refractivity contribution is 9.09. The van der Waals surface area contributed by atoms with E-state index >= 15 is 0 Å². The Morgan fingerprint density at radius 2 is 1.53 bits per heavy atom. The summed E-state index contributed by atoms with van der Waals surface area (Å²) in [4.78, 5) is 50.2. The summed E-state index contributed by atoms with van der Waals surface area (Å²) in [6, 6.07) is 13.9. The molecule has 1 spiro atoms. The van der Waals surface area contributed by atoms with Crippen molar-refractivity contribution >= 4 is 50.7 Å². The summed E-state index contributed by atoms with van der Waals surface area (Å²) in [6.45, 7) is 16.1. The van der Waals surface area contributed by atoms with Gasteiger partial charge in [-0.3, -0.25) is 14.4 Å². The number of fused-ring (bicyclic) bond motifs is 1. The molecular formula is C36H45BrN4O6. The van der Waals surface area contributed by atoms with Gasteiger partial charge in [0.25, 0.3) is 5.91 Å². The van der Waals surface area contributed by atoms with E-state index in [1.807, 2.05) is 31.2 Å². The number of aliphatic hydroxyl groups is 1. The Kier molecular flexibility index (Phi) is 10.8. The zero-order chi connectivity index (χ0) is 33.9. The van der Waals surface area contributed by atoms with Crippen LogP contribution in [-0.2, 0) is 19.1 Å². The summed E-state index contributed by atoms with van der Waals surface area (Å²) in [5, 5.41) is 10.1. The average Bonchev–Trinajstić information content (AvgIpc) is 3.67. The fourth-order valence-corrected chi connectivity index (χ4v) is 8.53. The van der Waals surface area contributed by atoms with Crippen molar-refractivity contribution in [3.05, 3.63) is 73.8 Å². The first-order valence-corrected chi connectivity index (χ1v) is 17.3. The highest BCUT2D eigenvalue weighted by atomic mass is 79.9. The van der Waals surface area contributed by atoms with E-state index in [-0.39, 0.29) is 48.8 Å². The number of likely N-dealkylation sites (tertiary alicyclic amines) is 1. The molecule has 3 unspecified atom stereocenters. The van der Waals surface area contributed by atoms with E-state index in [4.69, 9.17) is 9.47 Å². The van der Waals surface area contributed by atoms with Crippen LogP contribution in [0.1, 0.15) is 27.2 Å². The molecule has 3 fully saturated rings. The van der Waals surface area contributed by atoms with Crippen LogP contribution in [0.5, 0.6) is 5.75 Å². The van der Waals surface area contributed by atoms with Crippen molar-refractivity contribution in [2.45, 2.75) is 49.8 Å². The molecule has 1 N–H and O–H groups in total. The summed E-state index contributed by atoms with van der Waals surface area (Å²) in [7, 11) is 0. The first-order chi connectivity index (χ1) is 22.7. The molecule has 2 aromatic carbocycles. The minimum absolute atomic E-state index is 0.0620. The van der Waals surface area contributed by atoms with E-state index in [9.17, 15) is 19.5 Å². The molecule has 0 saturated carbocycles. The van der Waals surface area contributed by atoms with Crippen molar-refractivity contribution in [1.82, 2.24) is 4.90 Å². The number of amides is 3. The summed E-state index contributed by atoms with van der Waals surface area (Å²) in [5.74, 6) is -2.06. The Bertz CT molecular complexity index is 1460. The molecule has 47 heavy (non-hydrogen) atoms. The van der Waals surface area contributed by atoms with E-state index in [1.165, 1.54) is 4.90 Å². The number of anilines is 3. The van der Waals surface area contributed by atoms with Crippen molar-refractivity contribution in [1.29, 1.82) is 0 Å². The average molecular weight is 710 g/mol. The predicted octanol–water partition coefficient (Wildman–Crippen LogP) is 4.41. The maximum Gasteiger partial charge on any atom is 0.253 e. The number of carbonyl (C=O) groups is 3. The number of carbonyl (C=O) groups excluding carboxylic acids is 3. The van der Waals surface area contributed by atoms with E-state index in [1.54, 1.807) is 46.2 Å². The van der Waals surface area contributed by atoms with Gasteiger partial charge >= 0.3 is 0 Å². The summed E-state index contributed by atoms with van der Waals surface area (Å²) in [6.07, 6.45) is 3.03. The SMILES string of the molecule is C=CCN(C(=O)C1N(CCO)C(=O)[C@@H]2[C@@H](C(=O)N(CC=C)c3ccc(OCC)cc3)[C@@H]3OC12CC3Br)c1ccc(N(CC)CC)cc1. The van der Waals surface area contributed by atoms with Crippen LogP contribution in [-0.4, -0.2) is 96.2 Å². The Morgan fingerprint density at radius 3 is 2.06 bits per heavy atom. The van der Waals surface area contributed by atoms with Crippen LogP contribution in [0.3, 0.4) is 0 Å². The molecule has 0 radical (unpaired) electrons. The van der Waals surface area contributed by atoms with Gasteiger partial charge in [0.2, 0.25) is 11.8 Å². The highest BCUT2D eigenvalue weighted by Gasteiger charge is 2.77. The Balaban J connectivity index is 1.52. The number of aliphatic hydroxyl groups excluding tert-OH is 1. The lowest BCUT2D eigenvalue weighted by molar-refractivity contribution is -0.141. The largest absolute Gasteiger partial charge is 0.494 e. The van der Waals surface area contributed by atoms with Crippen LogP contribution in [0.25, 0.3) is 0 Å². The minimum atomic E-state index is -1.26. The second kappa shape index (κ2) is 14.6. The second-order valence-corrected chi connectivity index (χ2v) is 13.2. The molecule has 2 bridgehead atoms. The van der Waals surface area contributed by atoms with Crippen LogP contribution >= 0.6 is 15.9 Å². The monoisotopic (exact) mass is 708 g/mol. The van der Waals surface area contributed by atoms with E-state index in [0.29, 0.717) is 30.2 Å². The smallest absolute Gasteiger partial charge is 0.253 e. The number of benzene rings is 2. The van der Waals surface area contributed by atoms with Gasteiger partial charge in [-0.2, -0.15) is 0 Å². The number of halogens is 1. The number of β-amino-alcohol motifs (C(OH)–C–C–N with tert-alkyl or cyclic N) is 1. The van der Waals surface area contributed by atoms with E-state index < -0.39 is 29.6 Å². The molecule has 252 valence electrons. The second-order valence-electron chi connectivity index (χ2n) is 12.0. The van der Waals surface area contributed by atoms with Crippen molar-refractivity contribution in [2.24, 2.45) is 11.8 Å². The van der Waals surface area contributed by atoms with Crippen molar-refractivity contribution in [3.8, 4) is 5.75 Å². The number of rotatable bonds is 15. The standard InChI is InChI=1S/C36H45BrN4O6/c1-6-19-39(26-15-17-27(18-16-26)46-10-5)33(43)29-30-34(44)41(21-22-42)32(36(30)23-28(37)31(29)47-36)35(45)40(20-7-2)25-13-11-24(12-14-25)38(8-3)9-4/h6-7,11-18,28-32,42H,1-2,8-10,19-23H2,3-5H3/t28?,29-,30+,31-,32?,36?/m1/s1. The number of nitrogens with zero attached hydrogens (tertiary/aromatic N) is 4. The number of hydrogen-bond acceptors (Lipinski definition) is 7. The summed E-state index contributed by atoms with van der Waals surface area (Å²) >= 11 is 3.75. The lowest BCUT2D eigenvalue weighted by atomic mass is 9.70. The van der Waals surface area contributed by atoms with Crippen LogP contribution in [0, 0.1) is 11.8 Å². The van der Waals surface area contributed by atoms with Gasteiger partial charge in [0.1, 0.15) is 17.4 Å². The molecule has 11 heteroatoms.